The number of carbonyl (C=O) groups excluding carboxylic acids is 3. The lowest BCUT2D eigenvalue weighted by molar-refractivity contribution is -0.144. The number of imide groups is 1. The van der Waals surface area contributed by atoms with E-state index >= 15 is 0 Å². The van der Waals surface area contributed by atoms with Crippen LogP contribution in [0.3, 0.4) is 0 Å². The summed E-state index contributed by atoms with van der Waals surface area (Å²) < 4.78 is 1.98. The molecule has 7 nitrogen and oxygen atoms in total. The fraction of sp³-hybridized carbons (Fsp3) is 0.364. The number of allylic oxidation sites excluding steroid dienone is 2. The molecule has 0 radical (unpaired) electrons. The third-order valence-electron chi connectivity index (χ3n) is 6.30. The van der Waals surface area contributed by atoms with E-state index < -0.39 is 0 Å². The minimum atomic E-state index is -0.311. The smallest absolute Gasteiger partial charge is 0.240 e. The first-order chi connectivity index (χ1) is 14.1. The Labute approximate surface area is 168 Å². The number of amides is 3. The van der Waals surface area contributed by atoms with Gasteiger partial charge < -0.3 is 9.88 Å². The van der Waals surface area contributed by atoms with Gasteiger partial charge in [-0.3, -0.25) is 19.3 Å². The second kappa shape index (κ2) is 6.99. The van der Waals surface area contributed by atoms with Gasteiger partial charge in [0.05, 0.1) is 18.2 Å². The Bertz CT molecular complexity index is 950. The number of carbonyl (C=O) groups is 3. The zero-order valence-corrected chi connectivity index (χ0v) is 15.9. The molecule has 2 bridgehead atoms. The lowest BCUT2D eigenvalue weighted by Crippen LogP contribution is -2.41. The normalized spacial score (nSPS) is 27.0. The Hall–Kier alpha value is -3.22. The van der Waals surface area contributed by atoms with Crippen molar-refractivity contribution >= 4 is 17.7 Å². The summed E-state index contributed by atoms with van der Waals surface area (Å²) in [6.45, 7) is 0.911. The van der Waals surface area contributed by atoms with Gasteiger partial charge in [0.1, 0.15) is 6.54 Å². The number of nitrogens with one attached hydrogen (secondary N) is 1. The Morgan fingerprint density at radius 3 is 2.31 bits per heavy atom. The molecule has 1 aliphatic heterocycles. The quantitative estimate of drug-likeness (QED) is 0.596. The van der Waals surface area contributed by atoms with E-state index in [0.29, 0.717) is 6.54 Å². The minimum Gasteiger partial charge on any atom is -0.350 e. The van der Waals surface area contributed by atoms with Crippen LogP contribution in [-0.4, -0.2) is 38.7 Å². The first-order valence-electron chi connectivity index (χ1n) is 9.94. The van der Waals surface area contributed by atoms with E-state index in [1.165, 1.54) is 0 Å². The van der Waals surface area contributed by atoms with Crippen LogP contribution in [0.25, 0.3) is 0 Å². The van der Waals surface area contributed by atoms with Crippen LogP contribution in [0, 0.1) is 23.7 Å². The molecule has 2 aromatic rings. The van der Waals surface area contributed by atoms with E-state index in [-0.39, 0.29) is 47.9 Å². The van der Waals surface area contributed by atoms with Gasteiger partial charge in [0.15, 0.2) is 0 Å². The lowest BCUT2D eigenvalue weighted by Gasteiger charge is -2.16. The van der Waals surface area contributed by atoms with Crippen LogP contribution in [0.5, 0.6) is 0 Å². The maximum Gasteiger partial charge on any atom is 0.240 e. The van der Waals surface area contributed by atoms with Crippen LogP contribution in [0.15, 0.2) is 55.1 Å². The fourth-order valence-corrected chi connectivity index (χ4v) is 4.87. The van der Waals surface area contributed by atoms with Gasteiger partial charge >= 0.3 is 0 Å². The highest BCUT2D eigenvalue weighted by Crippen LogP contribution is 2.52. The molecule has 4 atom stereocenters. The molecule has 4 unspecified atom stereocenters. The summed E-state index contributed by atoms with van der Waals surface area (Å²) in [5.41, 5.74) is 2.10. The SMILES string of the molecule is O=C(CN1C(=O)C2C3C=CC(C3)C2C1=O)NCc1ccc(Cn2ccnc2)cc1. The summed E-state index contributed by atoms with van der Waals surface area (Å²) in [6.07, 6.45) is 10.4. The Kier molecular flexibility index (Phi) is 4.30. The molecule has 1 aromatic heterocycles. The molecule has 3 aliphatic rings. The molecular weight excluding hydrogens is 368 g/mol. The summed E-state index contributed by atoms with van der Waals surface area (Å²) in [7, 11) is 0. The molecule has 5 rings (SSSR count). The van der Waals surface area contributed by atoms with Crippen molar-refractivity contribution in [3.63, 3.8) is 0 Å². The highest BCUT2D eigenvalue weighted by atomic mass is 16.2. The highest BCUT2D eigenvalue weighted by Gasteiger charge is 2.59. The zero-order valence-electron chi connectivity index (χ0n) is 15.9. The van der Waals surface area contributed by atoms with Gasteiger partial charge in [0.2, 0.25) is 17.7 Å². The molecule has 3 amide bonds. The molecule has 7 heteroatoms. The standard InChI is InChI=1S/C22H22N4O3/c27-18(12-26-21(28)19-16-5-6-17(9-16)20(19)22(26)29)24-10-14-1-3-15(4-2-14)11-25-8-7-23-13-25/h1-8,13,16-17,19-20H,9-12H2,(H,24,27). The number of rotatable bonds is 6. The maximum absolute atomic E-state index is 12.6. The maximum atomic E-state index is 12.6. The average Bonchev–Trinajstić information content (AvgIpc) is 3.50. The molecule has 2 aliphatic carbocycles. The van der Waals surface area contributed by atoms with Crippen LogP contribution in [0.2, 0.25) is 0 Å². The molecule has 1 aromatic carbocycles. The number of hydrogen-bond donors (Lipinski definition) is 1. The largest absolute Gasteiger partial charge is 0.350 e. The third kappa shape index (κ3) is 3.16. The van der Waals surface area contributed by atoms with Gasteiger partial charge in [-0.05, 0) is 29.4 Å². The first kappa shape index (κ1) is 17.8. The van der Waals surface area contributed by atoms with Crippen molar-refractivity contribution < 1.29 is 14.4 Å². The lowest BCUT2D eigenvalue weighted by atomic mass is 9.85. The second-order valence-corrected chi connectivity index (χ2v) is 8.09. The summed E-state index contributed by atoms with van der Waals surface area (Å²) in [6, 6.07) is 7.96. The monoisotopic (exact) mass is 390 g/mol. The number of hydrogen-bond acceptors (Lipinski definition) is 4. The van der Waals surface area contributed by atoms with Gasteiger partial charge in [-0.25, -0.2) is 4.98 Å². The van der Waals surface area contributed by atoms with Crippen LogP contribution < -0.4 is 5.32 Å². The van der Waals surface area contributed by atoms with Crippen molar-refractivity contribution in [3.8, 4) is 0 Å². The molecule has 1 saturated heterocycles. The van der Waals surface area contributed by atoms with Crippen LogP contribution >= 0.6 is 0 Å². The Morgan fingerprint density at radius 1 is 1.03 bits per heavy atom. The van der Waals surface area contributed by atoms with Crippen molar-refractivity contribution in [3.05, 3.63) is 66.3 Å². The fourth-order valence-electron chi connectivity index (χ4n) is 4.87. The summed E-state index contributed by atoms with van der Waals surface area (Å²) in [5, 5.41) is 2.82. The predicted octanol–water partition coefficient (Wildman–Crippen LogP) is 1.35. The van der Waals surface area contributed by atoms with Gasteiger partial charge in [0, 0.05) is 25.5 Å². The summed E-state index contributed by atoms with van der Waals surface area (Å²) in [5.74, 6) is -0.867. The molecule has 2 fully saturated rings. The van der Waals surface area contributed by atoms with E-state index in [4.69, 9.17) is 0 Å². The van der Waals surface area contributed by atoms with E-state index in [0.717, 1.165) is 29.0 Å². The zero-order chi connectivity index (χ0) is 20.0. The minimum absolute atomic E-state index is 0.162. The molecule has 0 spiro atoms. The van der Waals surface area contributed by atoms with Crippen LogP contribution in [-0.2, 0) is 27.5 Å². The van der Waals surface area contributed by atoms with Gasteiger partial charge in [-0.2, -0.15) is 0 Å². The van der Waals surface area contributed by atoms with E-state index in [1.807, 2.05) is 35.0 Å². The van der Waals surface area contributed by atoms with Crippen molar-refractivity contribution in [2.75, 3.05) is 6.54 Å². The molecule has 2 heterocycles. The number of benzene rings is 1. The third-order valence-corrected chi connectivity index (χ3v) is 6.30. The average molecular weight is 390 g/mol. The number of nitrogens with zero attached hydrogens (tertiary/aromatic N) is 3. The molecule has 29 heavy (non-hydrogen) atoms. The summed E-state index contributed by atoms with van der Waals surface area (Å²) >= 11 is 0. The van der Waals surface area contributed by atoms with E-state index in [2.05, 4.69) is 22.5 Å². The van der Waals surface area contributed by atoms with Gasteiger partial charge in [-0.1, -0.05) is 36.4 Å². The number of aromatic nitrogens is 2. The number of imidazole rings is 1. The Morgan fingerprint density at radius 2 is 1.69 bits per heavy atom. The van der Waals surface area contributed by atoms with E-state index in [1.54, 1.807) is 12.5 Å². The molecule has 1 N–H and O–H groups in total. The second-order valence-electron chi connectivity index (χ2n) is 8.09. The first-order valence-corrected chi connectivity index (χ1v) is 9.94. The van der Waals surface area contributed by atoms with Crippen molar-refractivity contribution in [1.82, 2.24) is 19.8 Å². The van der Waals surface area contributed by atoms with Crippen molar-refractivity contribution in [1.29, 1.82) is 0 Å². The highest BCUT2D eigenvalue weighted by molar-refractivity contribution is 6.08. The number of fused-ring (bicyclic) bond motifs is 5. The Balaban J connectivity index is 1.15. The predicted molar refractivity (Wildman–Crippen MR) is 104 cm³/mol. The van der Waals surface area contributed by atoms with Gasteiger partial charge in [0.25, 0.3) is 0 Å². The summed E-state index contributed by atoms with van der Waals surface area (Å²) in [4.78, 5) is 42.8. The van der Waals surface area contributed by atoms with E-state index in [9.17, 15) is 14.4 Å². The molecule has 148 valence electrons. The van der Waals surface area contributed by atoms with Crippen LogP contribution in [0.1, 0.15) is 17.5 Å². The van der Waals surface area contributed by atoms with Crippen molar-refractivity contribution in [2.24, 2.45) is 23.7 Å². The van der Waals surface area contributed by atoms with Crippen LogP contribution in [0.4, 0.5) is 0 Å². The molecule has 1 saturated carbocycles. The van der Waals surface area contributed by atoms with Gasteiger partial charge in [-0.15, -0.1) is 0 Å². The van der Waals surface area contributed by atoms with Crippen molar-refractivity contribution in [2.45, 2.75) is 19.5 Å². The topological polar surface area (TPSA) is 84.3 Å². The molecular formula is C22H22N4O3. The number of likely N-dealkylation sites (tertiary alicyclic amines) is 1.